The first kappa shape index (κ1) is 19.3. The van der Waals surface area contributed by atoms with E-state index in [2.05, 4.69) is 44.1 Å². The van der Waals surface area contributed by atoms with Crippen LogP contribution in [0.2, 0.25) is 0 Å². The van der Waals surface area contributed by atoms with E-state index in [0.717, 1.165) is 20.9 Å². The van der Waals surface area contributed by atoms with Crippen molar-refractivity contribution < 1.29 is 4.74 Å². The van der Waals surface area contributed by atoms with Gasteiger partial charge in [-0.1, -0.05) is 23.9 Å². The summed E-state index contributed by atoms with van der Waals surface area (Å²) in [5, 5.41) is 5.15. The third-order valence-corrected chi connectivity index (χ3v) is 6.42. The molecule has 8 nitrogen and oxygen atoms in total. The topological polar surface area (TPSA) is 112 Å². The molecule has 0 saturated carbocycles. The van der Waals surface area contributed by atoms with E-state index in [1.807, 2.05) is 24.3 Å². The Morgan fingerprint density at radius 2 is 1.97 bits per heavy atom. The number of nitrogens with one attached hydrogen (secondary N) is 1. The van der Waals surface area contributed by atoms with Crippen LogP contribution in [0.4, 0.5) is 17.6 Å². The number of hydrogen-bond donors (Lipinski definition) is 2. The number of nitrogens with two attached hydrogens (primary N) is 1. The van der Waals surface area contributed by atoms with Gasteiger partial charge in [-0.05, 0) is 31.5 Å². The molecule has 0 unspecified atom stereocenters. The number of aryl methyl sites for hydroxylation is 2. The summed E-state index contributed by atoms with van der Waals surface area (Å²) in [5.74, 6) is 2.29. The Morgan fingerprint density at radius 1 is 1.14 bits per heavy atom. The minimum Gasteiger partial charge on any atom is -0.495 e. The Kier molecular flexibility index (Phi) is 5.45. The second-order valence-electron chi connectivity index (χ2n) is 6.19. The second kappa shape index (κ2) is 8.18. The number of rotatable bonds is 6. The lowest BCUT2D eigenvalue weighted by molar-refractivity contribution is 0.417. The van der Waals surface area contributed by atoms with Gasteiger partial charge in [0.2, 0.25) is 11.9 Å². The smallest absolute Gasteiger partial charge is 0.232 e. The molecule has 3 N–H and O–H groups in total. The fraction of sp³-hybridized carbons (Fsp3) is 0.211. The van der Waals surface area contributed by atoms with E-state index in [-0.39, 0.29) is 5.95 Å². The lowest BCUT2D eigenvalue weighted by atomic mass is 10.2. The molecule has 0 fully saturated rings. The van der Waals surface area contributed by atoms with E-state index in [1.165, 1.54) is 10.4 Å². The second-order valence-corrected chi connectivity index (χ2v) is 8.36. The van der Waals surface area contributed by atoms with Crippen molar-refractivity contribution in [2.24, 2.45) is 0 Å². The Hall–Kier alpha value is -2.98. The summed E-state index contributed by atoms with van der Waals surface area (Å²) in [6.45, 7) is 4.19. The van der Waals surface area contributed by atoms with E-state index in [9.17, 15) is 0 Å². The zero-order valence-corrected chi connectivity index (χ0v) is 17.8. The van der Waals surface area contributed by atoms with Crippen LogP contribution < -0.4 is 15.8 Å². The van der Waals surface area contributed by atoms with Gasteiger partial charge in [0.25, 0.3) is 0 Å². The van der Waals surface area contributed by atoms with Gasteiger partial charge in [0.15, 0.2) is 0 Å². The molecule has 0 amide bonds. The lowest BCUT2D eigenvalue weighted by Crippen LogP contribution is -2.07. The number of ether oxygens (including phenoxy) is 1. The summed E-state index contributed by atoms with van der Waals surface area (Å²) in [6.07, 6.45) is 1.59. The van der Waals surface area contributed by atoms with Crippen LogP contribution in [0.25, 0.3) is 10.2 Å². The Morgan fingerprint density at radius 3 is 2.79 bits per heavy atom. The fourth-order valence-electron chi connectivity index (χ4n) is 2.82. The van der Waals surface area contributed by atoms with Crippen LogP contribution in [0, 0.1) is 13.8 Å². The number of para-hydroxylation sites is 2. The Labute approximate surface area is 176 Å². The highest BCUT2D eigenvalue weighted by Crippen LogP contribution is 2.35. The number of fused-ring (bicyclic) bond motifs is 1. The number of thioether (sulfide) groups is 1. The van der Waals surface area contributed by atoms with Crippen molar-refractivity contribution >= 4 is 50.9 Å². The molecular formula is C19H19N7OS2. The first-order chi connectivity index (χ1) is 14.0. The molecule has 4 aromatic rings. The van der Waals surface area contributed by atoms with Crippen molar-refractivity contribution in [3.8, 4) is 5.75 Å². The number of nitrogens with zero attached hydrogens (tertiary/aromatic N) is 5. The number of hydrogen-bond acceptors (Lipinski definition) is 10. The predicted molar refractivity (Wildman–Crippen MR) is 117 cm³/mol. The van der Waals surface area contributed by atoms with Crippen LogP contribution in [0.1, 0.15) is 16.3 Å². The maximum atomic E-state index is 5.90. The number of nitrogen functional groups attached to an aromatic ring is 1. The standard InChI is InChI=1S/C19H19N7OS2/c1-10-11(2)29-17-15(10)16(21-9-22-17)28-8-14-24-18(20)26-19(25-14)23-12-6-4-5-7-13(12)27-3/h4-7,9H,8H2,1-3H3,(H3,20,23,24,25,26). The molecule has 1 aromatic carbocycles. The molecule has 4 rings (SSSR count). The molecule has 0 spiro atoms. The van der Waals surface area contributed by atoms with Gasteiger partial charge in [0.1, 0.15) is 27.8 Å². The third-order valence-electron chi connectivity index (χ3n) is 4.32. The number of methoxy groups -OCH3 is 1. The van der Waals surface area contributed by atoms with E-state index in [0.29, 0.717) is 23.3 Å². The van der Waals surface area contributed by atoms with Crippen molar-refractivity contribution in [1.82, 2.24) is 24.9 Å². The number of benzene rings is 1. The summed E-state index contributed by atoms with van der Waals surface area (Å²) in [7, 11) is 1.61. The monoisotopic (exact) mass is 425 g/mol. The number of anilines is 3. The highest BCUT2D eigenvalue weighted by Gasteiger charge is 2.14. The van der Waals surface area contributed by atoms with Crippen LogP contribution in [-0.2, 0) is 5.75 Å². The molecular weight excluding hydrogens is 406 g/mol. The lowest BCUT2D eigenvalue weighted by Gasteiger charge is -2.10. The molecule has 0 aliphatic carbocycles. The van der Waals surface area contributed by atoms with E-state index in [4.69, 9.17) is 10.5 Å². The van der Waals surface area contributed by atoms with Gasteiger partial charge in [-0.15, -0.1) is 11.3 Å². The van der Waals surface area contributed by atoms with Crippen molar-refractivity contribution in [2.75, 3.05) is 18.2 Å². The highest BCUT2D eigenvalue weighted by molar-refractivity contribution is 7.98. The SMILES string of the molecule is COc1ccccc1Nc1nc(N)nc(CSc2ncnc3sc(C)c(C)c23)n1. The molecule has 0 bridgehead atoms. The molecule has 0 saturated heterocycles. The molecule has 3 aromatic heterocycles. The summed E-state index contributed by atoms with van der Waals surface area (Å²) >= 11 is 3.23. The van der Waals surface area contributed by atoms with Gasteiger partial charge in [-0.2, -0.15) is 15.0 Å². The molecule has 29 heavy (non-hydrogen) atoms. The number of aromatic nitrogens is 5. The number of thiophene rings is 1. The maximum absolute atomic E-state index is 5.90. The maximum Gasteiger partial charge on any atom is 0.232 e. The van der Waals surface area contributed by atoms with Gasteiger partial charge >= 0.3 is 0 Å². The summed E-state index contributed by atoms with van der Waals surface area (Å²) in [4.78, 5) is 24.0. The normalized spacial score (nSPS) is 11.0. The van der Waals surface area contributed by atoms with Crippen LogP contribution in [0.3, 0.4) is 0 Å². The van der Waals surface area contributed by atoms with Crippen molar-refractivity contribution in [3.63, 3.8) is 0 Å². The van der Waals surface area contributed by atoms with Gasteiger partial charge in [-0.25, -0.2) is 9.97 Å². The van der Waals surface area contributed by atoms with Crippen LogP contribution in [0.5, 0.6) is 5.75 Å². The van der Waals surface area contributed by atoms with Crippen molar-refractivity contribution in [3.05, 3.63) is 46.9 Å². The van der Waals surface area contributed by atoms with E-state index >= 15 is 0 Å². The van der Waals surface area contributed by atoms with Crippen LogP contribution in [-0.4, -0.2) is 32.0 Å². The quantitative estimate of drug-likeness (QED) is 0.348. The Bertz CT molecular complexity index is 1180. The van der Waals surface area contributed by atoms with Crippen LogP contribution >= 0.6 is 23.1 Å². The first-order valence-corrected chi connectivity index (χ1v) is 10.6. The average molecular weight is 426 g/mol. The molecule has 0 aliphatic rings. The average Bonchev–Trinajstić information content (AvgIpc) is 3.01. The van der Waals surface area contributed by atoms with Gasteiger partial charge in [-0.3, -0.25) is 0 Å². The fourth-order valence-corrected chi connectivity index (χ4v) is 4.79. The molecule has 0 radical (unpaired) electrons. The van der Waals surface area contributed by atoms with Gasteiger partial charge < -0.3 is 15.8 Å². The predicted octanol–water partition coefficient (Wildman–Crippen LogP) is 4.12. The minimum atomic E-state index is 0.156. The summed E-state index contributed by atoms with van der Waals surface area (Å²) < 4.78 is 5.36. The Balaban J connectivity index is 1.57. The molecule has 0 atom stereocenters. The largest absolute Gasteiger partial charge is 0.495 e. The van der Waals surface area contributed by atoms with Gasteiger partial charge in [0, 0.05) is 10.3 Å². The van der Waals surface area contributed by atoms with E-state index < -0.39 is 0 Å². The molecule has 148 valence electrons. The molecule has 10 heteroatoms. The first-order valence-electron chi connectivity index (χ1n) is 8.79. The third kappa shape index (κ3) is 4.08. The molecule has 0 aliphatic heterocycles. The highest BCUT2D eigenvalue weighted by atomic mass is 32.2. The summed E-state index contributed by atoms with van der Waals surface area (Å²) in [5.41, 5.74) is 7.86. The molecule has 3 heterocycles. The van der Waals surface area contributed by atoms with Crippen molar-refractivity contribution in [2.45, 2.75) is 24.6 Å². The van der Waals surface area contributed by atoms with E-state index in [1.54, 1.807) is 36.5 Å². The van der Waals surface area contributed by atoms with Crippen molar-refractivity contribution in [1.29, 1.82) is 0 Å². The minimum absolute atomic E-state index is 0.156. The summed E-state index contributed by atoms with van der Waals surface area (Å²) in [6, 6.07) is 7.53. The van der Waals surface area contributed by atoms with Gasteiger partial charge in [0.05, 0.1) is 18.6 Å². The zero-order chi connectivity index (χ0) is 20.4. The zero-order valence-electron chi connectivity index (χ0n) is 16.1. The van der Waals surface area contributed by atoms with Crippen LogP contribution in [0.15, 0.2) is 35.6 Å².